The summed E-state index contributed by atoms with van der Waals surface area (Å²) in [5, 5.41) is 2.34. The number of alkyl halides is 3. The third-order valence-corrected chi connectivity index (χ3v) is 4.93. The number of nitrogens with zero attached hydrogens (tertiary/aromatic N) is 3. The minimum Gasteiger partial charge on any atom is -0.369 e. The minimum atomic E-state index is -4.60. The van der Waals surface area contributed by atoms with Crippen LogP contribution in [-0.4, -0.2) is 48.6 Å². The van der Waals surface area contributed by atoms with Gasteiger partial charge in [-0.1, -0.05) is 6.07 Å². The van der Waals surface area contributed by atoms with Gasteiger partial charge in [0.1, 0.15) is 0 Å². The first-order chi connectivity index (χ1) is 13.7. The predicted molar refractivity (Wildman–Crippen MR) is 105 cm³/mol. The number of benzene rings is 1. The summed E-state index contributed by atoms with van der Waals surface area (Å²) in [4.78, 5) is 27.9. The maximum Gasteiger partial charge on any atom is 0.418 e. The zero-order valence-corrected chi connectivity index (χ0v) is 16.1. The lowest BCUT2D eigenvalue weighted by atomic mass is 10.1. The second-order valence-corrected chi connectivity index (χ2v) is 7.05. The predicted octanol–water partition coefficient (Wildman–Crippen LogP) is 2.65. The lowest BCUT2D eigenvalue weighted by Crippen LogP contribution is -2.44. The molecule has 156 valence electrons. The second-order valence-electron chi connectivity index (χ2n) is 7.05. The molecule has 2 heterocycles. The molecule has 1 aliphatic rings. The largest absolute Gasteiger partial charge is 0.418 e. The summed E-state index contributed by atoms with van der Waals surface area (Å²) < 4.78 is 42.1. The first-order valence-electron chi connectivity index (χ1n) is 9.34. The number of likely N-dealkylation sites (N-methyl/N-ethyl adjacent to an activating group) is 1. The number of aryl methyl sites for hydroxylation is 1. The van der Waals surface area contributed by atoms with E-state index in [9.17, 15) is 22.8 Å². The number of carbonyl (C=O) groups excluding carboxylic acids is 1. The Morgan fingerprint density at radius 2 is 1.83 bits per heavy atom. The standard InChI is InChI=1S/C20H23F3N4O2/c1-25-10-12-26(13-11-25)15-5-6-17(16(14-15)20(21,22)23)24-18(28)7-9-27-8-3-2-4-19(27)29/h2-6,8,14H,7,9-13H2,1H3,(H,24,28). The molecule has 1 aromatic heterocycles. The van der Waals surface area contributed by atoms with Crippen LogP contribution in [0.15, 0.2) is 47.4 Å². The van der Waals surface area contributed by atoms with Gasteiger partial charge in [0.25, 0.3) is 5.56 Å². The SMILES string of the molecule is CN1CCN(c2ccc(NC(=O)CCn3ccccc3=O)c(C(F)(F)F)c2)CC1. The van der Waals surface area contributed by atoms with Crippen molar-refractivity contribution < 1.29 is 18.0 Å². The van der Waals surface area contributed by atoms with Crippen LogP contribution in [0.4, 0.5) is 24.5 Å². The maximum atomic E-state index is 13.6. The molecule has 1 aromatic carbocycles. The first-order valence-corrected chi connectivity index (χ1v) is 9.34. The molecule has 0 aliphatic carbocycles. The van der Waals surface area contributed by atoms with Crippen LogP contribution in [-0.2, 0) is 17.5 Å². The zero-order chi connectivity index (χ0) is 21.0. The highest BCUT2D eigenvalue weighted by atomic mass is 19.4. The van der Waals surface area contributed by atoms with Gasteiger partial charge in [-0.15, -0.1) is 0 Å². The molecule has 0 radical (unpaired) electrons. The van der Waals surface area contributed by atoms with Gasteiger partial charge >= 0.3 is 6.18 Å². The average Bonchev–Trinajstić information content (AvgIpc) is 2.67. The number of halogens is 3. The number of aromatic nitrogens is 1. The Labute approximate surface area is 166 Å². The molecule has 1 N–H and O–H groups in total. The summed E-state index contributed by atoms with van der Waals surface area (Å²) in [6.45, 7) is 2.93. The van der Waals surface area contributed by atoms with Gasteiger partial charge in [0.05, 0.1) is 11.3 Å². The van der Waals surface area contributed by atoms with E-state index in [-0.39, 0.29) is 24.2 Å². The lowest BCUT2D eigenvalue weighted by Gasteiger charge is -2.34. The lowest BCUT2D eigenvalue weighted by molar-refractivity contribution is -0.136. The number of hydrogen-bond acceptors (Lipinski definition) is 4. The van der Waals surface area contributed by atoms with Crippen molar-refractivity contribution in [1.29, 1.82) is 0 Å². The van der Waals surface area contributed by atoms with Crippen LogP contribution in [0.5, 0.6) is 0 Å². The number of amides is 1. The van der Waals surface area contributed by atoms with Gasteiger partial charge in [-0.05, 0) is 31.3 Å². The Morgan fingerprint density at radius 3 is 2.48 bits per heavy atom. The van der Waals surface area contributed by atoms with Gasteiger partial charge < -0.3 is 19.7 Å². The van der Waals surface area contributed by atoms with Crippen molar-refractivity contribution in [3.05, 3.63) is 58.5 Å². The molecular formula is C20H23F3N4O2. The van der Waals surface area contributed by atoms with Crippen LogP contribution in [0.25, 0.3) is 0 Å². The van der Waals surface area contributed by atoms with Gasteiger partial charge in [-0.2, -0.15) is 13.2 Å². The molecule has 0 spiro atoms. The molecule has 1 aliphatic heterocycles. The number of piperazine rings is 1. The average molecular weight is 408 g/mol. The molecule has 1 saturated heterocycles. The van der Waals surface area contributed by atoms with Crippen LogP contribution in [0, 0.1) is 0 Å². The van der Waals surface area contributed by atoms with Crippen molar-refractivity contribution in [2.45, 2.75) is 19.1 Å². The van der Waals surface area contributed by atoms with Gasteiger partial charge in [0.15, 0.2) is 0 Å². The molecule has 1 amide bonds. The summed E-state index contributed by atoms with van der Waals surface area (Å²) >= 11 is 0. The van der Waals surface area contributed by atoms with Gasteiger partial charge in [-0.3, -0.25) is 9.59 Å². The molecule has 6 nitrogen and oxygen atoms in total. The first kappa shape index (κ1) is 20.9. The van der Waals surface area contributed by atoms with E-state index in [0.717, 1.165) is 19.2 Å². The molecule has 0 saturated carbocycles. The molecule has 0 bridgehead atoms. The maximum absolute atomic E-state index is 13.6. The fourth-order valence-corrected chi connectivity index (χ4v) is 3.22. The fourth-order valence-electron chi connectivity index (χ4n) is 3.22. The van der Waals surface area contributed by atoms with Crippen molar-refractivity contribution in [3.63, 3.8) is 0 Å². The van der Waals surface area contributed by atoms with Crippen LogP contribution in [0.2, 0.25) is 0 Å². The highest BCUT2D eigenvalue weighted by Gasteiger charge is 2.35. The number of carbonyl (C=O) groups is 1. The number of rotatable bonds is 5. The topological polar surface area (TPSA) is 57.6 Å². The van der Waals surface area contributed by atoms with Gasteiger partial charge in [0.2, 0.25) is 5.91 Å². The van der Waals surface area contributed by atoms with E-state index in [2.05, 4.69) is 10.2 Å². The minimum absolute atomic E-state index is 0.0895. The number of anilines is 2. The molecule has 0 atom stereocenters. The molecule has 2 aromatic rings. The summed E-state index contributed by atoms with van der Waals surface area (Å²) in [6, 6.07) is 8.56. The van der Waals surface area contributed by atoms with E-state index in [4.69, 9.17) is 0 Å². The normalized spacial score (nSPS) is 15.4. The Hall–Kier alpha value is -2.81. The van der Waals surface area contributed by atoms with Gasteiger partial charge in [-0.25, -0.2) is 0 Å². The van der Waals surface area contributed by atoms with Crippen LogP contribution < -0.4 is 15.8 Å². The monoisotopic (exact) mass is 408 g/mol. The highest BCUT2D eigenvalue weighted by molar-refractivity contribution is 5.92. The smallest absolute Gasteiger partial charge is 0.369 e. The van der Waals surface area contributed by atoms with E-state index < -0.39 is 17.6 Å². The van der Waals surface area contributed by atoms with Crippen LogP contribution >= 0.6 is 0 Å². The third kappa shape index (κ3) is 5.38. The molecule has 1 fully saturated rings. The van der Waals surface area contributed by atoms with Crippen molar-refractivity contribution in [3.8, 4) is 0 Å². The zero-order valence-electron chi connectivity index (χ0n) is 16.1. The van der Waals surface area contributed by atoms with Crippen molar-refractivity contribution in [1.82, 2.24) is 9.47 Å². The molecule has 9 heteroatoms. The summed E-state index contributed by atoms with van der Waals surface area (Å²) in [5.74, 6) is -0.585. The second kappa shape index (κ2) is 8.69. The van der Waals surface area contributed by atoms with E-state index >= 15 is 0 Å². The Morgan fingerprint density at radius 1 is 1.10 bits per heavy atom. The Bertz CT molecular complexity index is 918. The van der Waals surface area contributed by atoms with E-state index in [1.54, 1.807) is 18.2 Å². The van der Waals surface area contributed by atoms with E-state index in [0.29, 0.717) is 18.8 Å². The van der Waals surface area contributed by atoms with Crippen molar-refractivity contribution in [2.24, 2.45) is 0 Å². The summed E-state index contributed by atoms with van der Waals surface area (Å²) in [6.07, 6.45) is -3.18. The van der Waals surface area contributed by atoms with Crippen molar-refractivity contribution in [2.75, 3.05) is 43.4 Å². The third-order valence-electron chi connectivity index (χ3n) is 4.93. The van der Waals surface area contributed by atoms with Gasteiger partial charge in [0, 0.05) is 57.1 Å². The van der Waals surface area contributed by atoms with E-state index in [1.165, 1.54) is 22.9 Å². The Balaban J connectivity index is 1.73. The van der Waals surface area contributed by atoms with Crippen molar-refractivity contribution >= 4 is 17.3 Å². The number of hydrogen-bond donors (Lipinski definition) is 1. The molecular weight excluding hydrogens is 385 g/mol. The fraction of sp³-hybridized carbons (Fsp3) is 0.400. The van der Waals surface area contributed by atoms with E-state index in [1.807, 2.05) is 11.9 Å². The Kier molecular flexibility index (Phi) is 6.26. The quantitative estimate of drug-likeness (QED) is 0.827. The summed E-state index contributed by atoms with van der Waals surface area (Å²) in [5.41, 5.74) is -0.938. The number of nitrogens with one attached hydrogen (secondary N) is 1. The van der Waals surface area contributed by atoms with Crippen LogP contribution in [0.3, 0.4) is 0 Å². The highest BCUT2D eigenvalue weighted by Crippen LogP contribution is 2.37. The molecule has 29 heavy (non-hydrogen) atoms. The number of pyridine rings is 1. The summed E-state index contributed by atoms with van der Waals surface area (Å²) in [7, 11) is 1.97. The molecule has 3 rings (SSSR count). The molecule has 0 unspecified atom stereocenters. The van der Waals surface area contributed by atoms with Crippen LogP contribution in [0.1, 0.15) is 12.0 Å².